The summed E-state index contributed by atoms with van der Waals surface area (Å²) < 4.78 is 36.4. The Bertz CT molecular complexity index is 579. The predicted octanol–water partition coefficient (Wildman–Crippen LogP) is 6.25. The van der Waals surface area contributed by atoms with E-state index in [1.165, 1.54) is 32.6 Å². The Morgan fingerprint density at radius 1 is 0.889 bits per heavy atom. The van der Waals surface area contributed by atoms with Crippen molar-refractivity contribution in [3.05, 3.63) is 30.3 Å². The molecule has 0 N–H and O–H groups in total. The van der Waals surface area contributed by atoms with Crippen molar-refractivity contribution in [2.45, 2.75) is 87.2 Å². The molecular weight excluding hydrogens is 463 g/mol. The second kappa shape index (κ2) is 13.2. The van der Waals surface area contributed by atoms with Gasteiger partial charge in [-0.05, 0) is 0 Å². The Balaban J connectivity index is 3.42. The molecule has 0 spiro atoms. The SMILES string of the molecule is CCC[CH2][Sn]([CH2]CCC)([CH2]CCC)[CH](CCOC)S(=O)(=O)c1ccccc1. The zero-order valence-electron chi connectivity index (χ0n) is 17.9. The van der Waals surface area contributed by atoms with Gasteiger partial charge in [-0.25, -0.2) is 0 Å². The van der Waals surface area contributed by atoms with Crippen molar-refractivity contribution in [1.82, 2.24) is 0 Å². The fourth-order valence-electron chi connectivity index (χ4n) is 4.23. The molecule has 1 atom stereocenters. The number of rotatable bonds is 15. The molecule has 1 unspecified atom stereocenters. The minimum atomic E-state index is -3.31. The van der Waals surface area contributed by atoms with Gasteiger partial charge in [0, 0.05) is 0 Å². The molecule has 0 aliphatic heterocycles. The van der Waals surface area contributed by atoms with E-state index < -0.39 is 28.2 Å². The van der Waals surface area contributed by atoms with E-state index in [4.69, 9.17) is 4.74 Å². The normalized spacial score (nSPS) is 13.6. The number of hydrogen-bond donors (Lipinski definition) is 0. The molecule has 0 saturated carbocycles. The number of benzene rings is 1. The molecule has 0 heterocycles. The predicted molar refractivity (Wildman–Crippen MR) is 119 cm³/mol. The molecule has 1 rings (SSSR count). The van der Waals surface area contributed by atoms with Crippen LogP contribution in [0.4, 0.5) is 0 Å². The first kappa shape index (κ1) is 25.0. The van der Waals surface area contributed by atoms with E-state index in [2.05, 4.69) is 20.8 Å². The second-order valence-corrected chi connectivity index (χ2v) is 25.2. The van der Waals surface area contributed by atoms with E-state index in [0.29, 0.717) is 17.9 Å². The fourth-order valence-corrected chi connectivity index (χ4v) is 31.4. The third-order valence-electron chi connectivity index (χ3n) is 5.80. The van der Waals surface area contributed by atoms with Crippen LogP contribution in [-0.2, 0) is 14.6 Å². The van der Waals surface area contributed by atoms with Crippen molar-refractivity contribution in [3.8, 4) is 0 Å². The van der Waals surface area contributed by atoms with Gasteiger partial charge in [0.1, 0.15) is 0 Å². The second-order valence-electron chi connectivity index (χ2n) is 7.80. The standard InChI is InChI=1S/C10H13O3S.3C4H9.Sn/c1-13-8-5-9-14(11,12)10-6-3-2-4-7-10;3*1-3-4-2;/h2-4,6-7,9H,5,8H2,1H3;3*1,3-4H2,2H3;. The van der Waals surface area contributed by atoms with Crippen LogP contribution in [0, 0.1) is 0 Å². The van der Waals surface area contributed by atoms with Crippen molar-refractivity contribution in [3.63, 3.8) is 0 Å². The Morgan fingerprint density at radius 2 is 1.37 bits per heavy atom. The molecule has 1 aromatic rings. The van der Waals surface area contributed by atoms with E-state index in [-0.39, 0.29) is 3.27 Å². The van der Waals surface area contributed by atoms with Gasteiger partial charge in [0.2, 0.25) is 0 Å². The number of methoxy groups -OCH3 is 1. The van der Waals surface area contributed by atoms with Gasteiger partial charge < -0.3 is 0 Å². The van der Waals surface area contributed by atoms with Gasteiger partial charge in [-0.15, -0.1) is 0 Å². The van der Waals surface area contributed by atoms with Gasteiger partial charge >= 0.3 is 173 Å². The van der Waals surface area contributed by atoms with Crippen LogP contribution in [-0.4, -0.2) is 43.8 Å². The minimum absolute atomic E-state index is 0.168. The summed E-state index contributed by atoms with van der Waals surface area (Å²) in [7, 11) is -1.62. The maximum absolute atomic E-state index is 13.8. The van der Waals surface area contributed by atoms with Crippen LogP contribution in [0.2, 0.25) is 13.3 Å². The zero-order chi connectivity index (χ0) is 20.2. The molecule has 0 amide bonds. The van der Waals surface area contributed by atoms with Gasteiger partial charge in [0.05, 0.1) is 0 Å². The molecule has 0 bridgehead atoms. The van der Waals surface area contributed by atoms with E-state index in [0.717, 1.165) is 19.3 Å². The van der Waals surface area contributed by atoms with Crippen molar-refractivity contribution >= 4 is 28.2 Å². The molecule has 3 nitrogen and oxygen atoms in total. The zero-order valence-corrected chi connectivity index (χ0v) is 21.5. The average Bonchev–Trinajstić information content (AvgIpc) is 2.69. The number of unbranched alkanes of at least 4 members (excludes halogenated alkanes) is 3. The monoisotopic (exact) mass is 504 g/mol. The molecule has 5 heteroatoms. The summed E-state index contributed by atoms with van der Waals surface area (Å²) >= 11 is -2.96. The van der Waals surface area contributed by atoms with E-state index in [9.17, 15) is 8.42 Å². The summed E-state index contributed by atoms with van der Waals surface area (Å²) in [4.78, 5) is 0.511. The van der Waals surface area contributed by atoms with Crippen LogP contribution in [0.5, 0.6) is 0 Å². The Morgan fingerprint density at radius 3 is 1.78 bits per heavy atom. The Kier molecular flexibility index (Phi) is 12.2. The fraction of sp³-hybridized carbons (Fsp3) is 0.727. The Hall–Kier alpha value is -0.0713. The number of hydrogen-bond acceptors (Lipinski definition) is 3. The molecule has 0 aromatic heterocycles. The van der Waals surface area contributed by atoms with Crippen LogP contribution < -0.4 is 0 Å². The Labute approximate surface area is 172 Å². The van der Waals surface area contributed by atoms with Gasteiger partial charge in [0.15, 0.2) is 0 Å². The van der Waals surface area contributed by atoms with Crippen molar-refractivity contribution < 1.29 is 13.2 Å². The van der Waals surface area contributed by atoms with Crippen molar-refractivity contribution in [1.29, 1.82) is 0 Å². The van der Waals surface area contributed by atoms with Crippen LogP contribution in [0.15, 0.2) is 35.2 Å². The van der Waals surface area contributed by atoms with E-state index >= 15 is 0 Å². The third-order valence-corrected chi connectivity index (χ3v) is 30.0. The molecule has 0 radical (unpaired) electrons. The van der Waals surface area contributed by atoms with Crippen molar-refractivity contribution in [2.24, 2.45) is 0 Å². The first-order valence-electron chi connectivity index (χ1n) is 10.8. The summed E-state index contributed by atoms with van der Waals surface area (Å²) in [6.07, 6.45) is 7.66. The van der Waals surface area contributed by atoms with E-state index in [1.54, 1.807) is 19.2 Å². The average molecular weight is 503 g/mol. The van der Waals surface area contributed by atoms with Crippen LogP contribution >= 0.6 is 0 Å². The first-order chi connectivity index (χ1) is 13.0. The third kappa shape index (κ3) is 7.35. The summed E-state index contributed by atoms with van der Waals surface area (Å²) in [6, 6.07) is 9.16. The summed E-state index contributed by atoms with van der Waals surface area (Å²) in [6.45, 7) is 7.23. The van der Waals surface area contributed by atoms with Crippen LogP contribution in [0.1, 0.15) is 65.7 Å². The first-order valence-corrected chi connectivity index (χ1v) is 20.0. The molecule has 1 aromatic carbocycles. The summed E-state index contributed by atoms with van der Waals surface area (Å²) in [5, 5.41) is 0. The van der Waals surface area contributed by atoms with Crippen LogP contribution in [0.3, 0.4) is 0 Å². The van der Waals surface area contributed by atoms with Gasteiger partial charge in [-0.3, -0.25) is 0 Å². The van der Waals surface area contributed by atoms with E-state index in [1.807, 2.05) is 18.2 Å². The van der Waals surface area contributed by atoms with Crippen molar-refractivity contribution in [2.75, 3.05) is 13.7 Å². The molecular formula is C22H40O3SSn. The quantitative estimate of drug-likeness (QED) is 0.266. The molecule has 27 heavy (non-hydrogen) atoms. The molecule has 0 aliphatic carbocycles. The maximum atomic E-state index is 13.8. The molecule has 0 saturated heterocycles. The van der Waals surface area contributed by atoms with Gasteiger partial charge in [-0.2, -0.15) is 0 Å². The number of ether oxygens (including phenoxy) is 1. The van der Waals surface area contributed by atoms with Gasteiger partial charge in [-0.1, -0.05) is 0 Å². The summed E-state index contributed by atoms with van der Waals surface area (Å²) in [5.41, 5.74) is 0. The molecule has 156 valence electrons. The molecule has 0 fully saturated rings. The van der Waals surface area contributed by atoms with Gasteiger partial charge in [0.25, 0.3) is 0 Å². The number of sulfone groups is 1. The topological polar surface area (TPSA) is 43.4 Å². The molecule has 0 aliphatic rings. The van der Waals surface area contributed by atoms with Crippen LogP contribution in [0.25, 0.3) is 0 Å². The summed E-state index contributed by atoms with van der Waals surface area (Å²) in [5.74, 6) is 0.